The third kappa shape index (κ3) is 6.57. The summed E-state index contributed by atoms with van der Waals surface area (Å²) in [6.07, 6.45) is 3.29. The number of carbonyl (C=O) groups excluding carboxylic acids is 2. The molecule has 2 aromatic carbocycles. The van der Waals surface area contributed by atoms with Gasteiger partial charge in [-0.1, -0.05) is 44.5 Å². The van der Waals surface area contributed by atoms with E-state index < -0.39 is 0 Å². The molecule has 0 atom stereocenters. The van der Waals surface area contributed by atoms with Crippen molar-refractivity contribution in [2.24, 2.45) is 0 Å². The molecule has 190 valence electrons. The van der Waals surface area contributed by atoms with E-state index in [0.717, 1.165) is 42.9 Å². The minimum absolute atomic E-state index is 0.0320. The van der Waals surface area contributed by atoms with Crippen LogP contribution in [0.25, 0.3) is 5.69 Å². The van der Waals surface area contributed by atoms with Gasteiger partial charge in [0.25, 0.3) is 0 Å². The highest BCUT2D eigenvalue weighted by atomic mass is 35.5. The third-order valence-corrected chi connectivity index (χ3v) is 6.32. The van der Waals surface area contributed by atoms with Gasteiger partial charge >= 0.3 is 12.1 Å². The predicted octanol–water partition coefficient (Wildman–Crippen LogP) is 6.16. The molecule has 1 fully saturated rings. The topological polar surface area (TPSA) is 91.3 Å². The van der Waals surface area contributed by atoms with Gasteiger partial charge in [-0.2, -0.15) is 5.10 Å². The molecule has 1 saturated heterocycles. The Labute approximate surface area is 217 Å². The molecule has 0 unspecified atom stereocenters. The highest BCUT2D eigenvalue weighted by molar-refractivity contribution is 6.30. The van der Waals surface area contributed by atoms with Gasteiger partial charge in [0.1, 0.15) is 5.82 Å². The molecule has 36 heavy (non-hydrogen) atoms. The Morgan fingerprint density at radius 1 is 0.972 bits per heavy atom. The Hall–Kier alpha value is -3.52. The van der Waals surface area contributed by atoms with Gasteiger partial charge in [-0.15, -0.1) is 0 Å². The smallest absolute Gasteiger partial charge is 0.324 e. The number of urea groups is 2. The molecular weight excluding hydrogens is 476 g/mol. The molecule has 9 heteroatoms. The summed E-state index contributed by atoms with van der Waals surface area (Å²) in [4.78, 5) is 27.1. The molecule has 1 aliphatic heterocycles. The molecule has 0 aliphatic carbocycles. The fraction of sp³-hybridized carbons (Fsp3) is 0.370. The maximum Gasteiger partial charge on any atom is 0.324 e. The fourth-order valence-electron chi connectivity index (χ4n) is 4.03. The summed E-state index contributed by atoms with van der Waals surface area (Å²) in [5.74, 6) is 0.542. The van der Waals surface area contributed by atoms with Gasteiger partial charge in [-0.3, -0.25) is 5.32 Å². The SMILES string of the molecule is CC(C)(C)c1cc(NC(=O)Nc2ccc(Cl)cc2)n(-c2cccc(CNC(=O)N3CCCCC3)c2)n1. The summed E-state index contributed by atoms with van der Waals surface area (Å²) in [7, 11) is 0. The number of anilines is 2. The van der Waals surface area contributed by atoms with Crippen LogP contribution in [0.2, 0.25) is 5.02 Å². The number of aromatic nitrogens is 2. The van der Waals surface area contributed by atoms with Crippen LogP contribution in [0.15, 0.2) is 54.6 Å². The molecule has 0 spiro atoms. The van der Waals surface area contributed by atoms with Crippen LogP contribution in [0.3, 0.4) is 0 Å². The number of piperidine rings is 1. The van der Waals surface area contributed by atoms with E-state index >= 15 is 0 Å². The first-order chi connectivity index (χ1) is 17.2. The Kier molecular flexibility index (Phi) is 7.84. The molecule has 0 bridgehead atoms. The molecule has 1 aromatic heterocycles. The van der Waals surface area contributed by atoms with Crippen LogP contribution in [0.5, 0.6) is 0 Å². The number of nitrogens with zero attached hydrogens (tertiary/aromatic N) is 3. The second kappa shape index (κ2) is 11.0. The van der Waals surface area contributed by atoms with E-state index in [2.05, 4.69) is 36.7 Å². The average molecular weight is 509 g/mol. The number of rotatable bonds is 5. The summed E-state index contributed by atoms with van der Waals surface area (Å²) in [5, 5.41) is 14.2. The largest absolute Gasteiger partial charge is 0.334 e. The molecule has 0 saturated carbocycles. The number of nitrogens with one attached hydrogen (secondary N) is 3. The first-order valence-corrected chi connectivity index (χ1v) is 12.6. The molecule has 1 aliphatic rings. The molecule has 4 rings (SSSR count). The summed E-state index contributed by atoms with van der Waals surface area (Å²) in [5.41, 5.74) is 2.99. The Morgan fingerprint density at radius 2 is 1.69 bits per heavy atom. The Bertz CT molecular complexity index is 1210. The number of hydrogen-bond acceptors (Lipinski definition) is 3. The van der Waals surface area contributed by atoms with E-state index in [0.29, 0.717) is 23.1 Å². The quantitative estimate of drug-likeness (QED) is 0.385. The molecule has 2 heterocycles. The van der Waals surface area contributed by atoms with Crippen molar-refractivity contribution >= 4 is 35.2 Å². The zero-order valence-electron chi connectivity index (χ0n) is 21.0. The van der Waals surface area contributed by atoms with E-state index in [9.17, 15) is 9.59 Å². The van der Waals surface area contributed by atoms with Crippen molar-refractivity contribution in [3.63, 3.8) is 0 Å². The van der Waals surface area contributed by atoms with Gasteiger partial charge in [0, 0.05) is 41.8 Å². The summed E-state index contributed by atoms with van der Waals surface area (Å²) < 4.78 is 1.72. The Balaban J connectivity index is 1.51. The average Bonchev–Trinajstić information content (AvgIpc) is 3.29. The number of benzene rings is 2. The number of likely N-dealkylation sites (tertiary alicyclic amines) is 1. The Morgan fingerprint density at radius 3 is 2.39 bits per heavy atom. The minimum atomic E-state index is -0.385. The maximum absolute atomic E-state index is 12.8. The summed E-state index contributed by atoms with van der Waals surface area (Å²) >= 11 is 5.94. The third-order valence-electron chi connectivity index (χ3n) is 6.06. The van der Waals surface area contributed by atoms with Crippen LogP contribution in [-0.4, -0.2) is 39.8 Å². The zero-order chi connectivity index (χ0) is 25.7. The molecule has 3 N–H and O–H groups in total. The lowest BCUT2D eigenvalue weighted by atomic mass is 9.92. The molecule has 3 aromatic rings. The molecule has 0 radical (unpaired) electrons. The van der Waals surface area contributed by atoms with Gasteiger partial charge in [0.2, 0.25) is 0 Å². The van der Waals surface area contributed by atoms with E-state index in [-0.39, 0.29) is 17.5 Å². The summed E-state index contributed by atoms with van der Waals surface area (Å²) in [6.45, 7) is 8.25. The minimum Gasteiger partial charge on any atom is -0.334 e. The van der Waals surface area contributed by atoms with Crippen LogP contribution in [0.1, 0.15) is 51.3 Å². The number of amides is 4. The van der Waals surface area contributed by atoms with Crippen molar-refractivity contribution in [1.82, 2.24) is 20.0 Å². The molecular formula is C27H33ClN6O2. The van der Waals surface area contributed by atoms with Crippen LogP contribution in [0.4, 0.5) is 21.1 Å². The van der Waals surface area contributed by atoms with Crippen LogP contribution in [-0.2, 0) is 12.0 Å². The number of hydrogen-bond donors (Lipinski definition) is 3. The monoisotopic (exact) mass is 508 g/mol. The lowest BCUT2D eigenvalue weighted by Gasteiger charge is -2.26. The lowest BCUT2D eigenvalue weighted by Crippen LogP contribution is -2.42. The van der Waals surface area contributed by atoms with Crippen LogP contribution in [0, 0.1) is 0 Å². The van der Waals surface area contributed by atoms with Crippen molar-refractivity contribution in [3.05, 3.63) is 70.9 Å². The number of carbonyl (C=O) groups is 2. The van der Waals surface area contributed by atoms with Crippen molar-refractivity contribution in [2.75, 3.05) is 23.7 Å². The van der Waals surface area contributed by atoms with Gasteiger partial charge in [0.05, 0.1) is 11.4 Å². The second-order valence-electron chi connectivity index (χ2n) is 10.0. The van der Waals surface area contributed by atoms with Crippen molar-refractivity contribution in [2.45, 2.75) is 52.0 Å². The van der Waals surface area contributed by atoms with Crippen molar-refractivity contribution < 1.29 is 9.59 Å². The van der Waals surface area contributed by atoms with Crippen LogP contribution >= 0.6 is 11.6 Å². The first kappa shape index (κ1) is 25.6. The standard InChI is InChI=1S/C27H33ClN6O2/c1-27(2,3)23-17-24(31-25(35)30-21-12-10-20(28)11-13-21)34(32-23)22-9-7-8-19(16-22)18-29-26(36)33-14-5-4-6-15-33/h7-13,16-17H,4-6,14-15,18H2,1-3H3,(H,29,36)(H2,30,31,35). The highest BCUT2D eigenvalue weighted by Gasteiger charge is 2.22. The van der Waals surface area contributed by atoms with Crippen molar-refractivity contribution in [1.29, 1.82) is 0 Å². The molecule has 8 nitrogen and oxygen atoms in total. The number of halogens is 1. The first-order valence-electron chi connectivity index (χ1n) is 12.3. The lowest BCUT2D eigenvalue weighted by molar-refractivity contribution is 0.186. The van der Waals surface area contributed by atoms with Gasteiger partial charge in [0.15, 0.2) is 0 Å². The second-order valence-corrected chi connectivity index (χ2v) is 10.5. The van der Waals surface area contributed by atoms with E-state index in [1.54, 1.807) is 28.9 Å². The van der Waals surface area contributed by atoms with E-state index in [4.69, 9.17) is 16.7 Å². The molecule has 4 amide bonds. The van der Waals surface area contributed by atoms with Crippen LogP contribution < -0.4 is 16.0 Å². The predicted molar refractivity (Wildman–Crippen MR) is 144 cm³/mol. The van der Waals surface area contributed by atoms with E-state index in [1.165, 1.54) is 6.42 Å². The fourth-order valence-corrected chi connectivity index (χ4v) is 4.16. The summed E-state index contributed by atoms with van der Waals surface area (Å²) in [6, 6.07) is 16.2. The van der Waals surface area contributed by atoms with E-state index in [1.807, 2.05) is 35.2 Å². The maximum atomic E-state index is 12.8. The zero-order valence-corrected chi connectivity index (χ0v) is 21.7. The van der Waals surface area contributed by atoms with Gasteiger partial charge < -0.3 is 15.5 Å². The van der Waals surface area contributed by atoms with Gasteiger partial charge in [-0.25, -0.2) is 14.3 Å². The normalized spacial score (nSPS) is 13.8. The van der Waals surface area contributed by atoms with Crippen molar-refractivity contribution in [3.8, 4) is 5.69 Å². The van der Waals surface area contributed by atoms with Gasteiger partial charge in [-0.05, 0) is 61.2 Å². The highest BCUT2D eigenvalue weighted by Crippen LogP contribution is 2.27.